The van der Waals surface area contributed by atoms with Gasteiger partial charge in [0, 0.05) is 18.7 Å². The number of rotatable bonds is 4. The Morgan fingerprint density at radius 3 is 2.38 bits per heavy atom. The molecule has 124 valence electrons. The Morgan fingerprint density at radius 2 is 1.71 bits per heavy atom. The average molecular weight is 322 g/mol. The summed E-state index contributed by atoms with van der Waals surface area (Å²) in [7, 11) is 0. The maximum absolute atomic E-state index is 12.9. The summed E-state index contributed by atoms with van der Waals surface area (Å²) in [5.41, 5.74) is 2.41. The highest BCUT2D eigenvalue weighted by Crippen LogP contribution is 2.20. The summed E-state index contributed by atoms with van der Waals surface area (Å²) in [5.74, 6) is -0.250. The van der Waals surface area contributed by atoms with Gasteiger partial charge < -0.3 is 10.2 Å². The first kappa shape index (κ1) is 16.2. The zero-order valence-electron chi connectivity index (χ0n) is 13.9. The van der Waals surface area contributed by atoms with Crippen LogP contribution in [0.2, 0.25) is 0 Å². The molecule has 1 heterocycles. The Kier molecular flexibility index (Phi) is 4.94. The van der Waals surface area contributed by atoms with Crippen molar-refractivity contribution in [3.63, 3.8) is 0 Å². The fourth-order valence-corrected chi connectivity index (χ4v) is 3.05. The number of hydrogen-bond donors (Lipinski definition) is 1. The lowest BCUT2D eigenvalue weighted by Crippen LogP contribution is -2.41. The standard InChI is InChI=1S/C20H22N2O2/c1-15-8-7-11-17(14-15)19(23)21-18(16-9-3-2-4-10-16)20(24)22-12-5-6-13-22/h2-4,7-11,14,18H,5-6,12-13H2,1H3,(H,21,23)/t18-/m0/s1. The second-order valence-corrected chi connectivity index (χ2v) is 6.22. The van der Waals surface area contributed by atoms with Crippen LogP contribution in [0.4, 0.5) is 0 Å². The molecule has 1 saturated heterocycles. The lowest BCUT2D eigenvalue weighted by atomic mass is 10.0. The lowest BCUT2D eigenvalue weighted by molar-refractivity contribution is -0.132. The Bertz CT molecular complexity index is 721. The van der Waals surface area contributed by atoms with Gasteiger partial charge in [0.05, 0.1) is 0 Å². The number of nitrogens with zero attached hydrogens (tertiary/aromatic N) is 1. The smallest absolute Gasteiger partial charge is 0.252 e. The largest absolute Gasteiger partial charge is 0.341 e. The first-order valence-corrected chi connectivity index (χ1v) is 8.36. The Hall–Kier alpha value is -2.62. The number of aryl methyl sites for hydroxylation is 1. The van der Waals surface area contributed by atoms with Gasteiger partial charge in [0.25, 0.3) is 5.91 Å². The molecule has 1 aliphatic rings. The Balaban J connectivity index is 1.84. The maximum Gasteiger partial charge on any atom is 0.252 e. The molecular weight excluding hydrogens is 300 g/mol. The number of benzene rings is 2. The van der Waals surface area contributed by atoms with Crippen molar-refractivity contribution in [2.45, 2.75) is 25.8 Å². The first-order valence-electron chi connectivity index (χ1n) is 8.36. The molecule has 2 aromatic carbocycles. The number of carbonyl (C=O) groups is 2. The van der Waals surface area contributed by atoms with Crippen molar-refractivity contribution >= 4 is 11.8 Å². The van der Waals surface area contributed by atoms with E-state index in [2.05, 4.69) is 5.32 Å². The van der Waals surface area contributed by atoms with Gasteiger partial charge in [0.1, 0.15) is 6.04 Å². The molecule has 2 aromatic rings. The number of likely N-dealkylation sites (tertiary alicyclic amines) is 1. The molecule has 2 amide bonds. The van der Waals surface area contributed by atoms with Crippen molar-refractivity contribution < 1.29 is 9.59 Å². The van der Waals surface area contributed by atoms with Crippen LogP contribution in [0.3, 0.4) is 0 Å². The maximum atomic E-state index is 12.9. The molecule has 0 radical (unpaired) electrons. The summed E-state index contributed by atoms with van der Waals surface area (Å²) in [6, 6.07) is 16.2. The van der Waals surface area contributed by atoms with E-state index < -0.39 is 6.04 Å². The van der Waals surface area contributed by atoms with E-state index in [4.69, 9.17) is 0 Å². The summed E-state index contributed by atoms with van der Waals surface area (Å²) >= 11 is 0. The second-order valence-electron chi connectivity index (χ2n) is 6.22. The number of amides is 2. The van der Waals surface area contributed by atoms with Crippen molar-refractivity contribution in [1.82, 2.24) is 10.2 Å². The van der Waals surface area contributed by atoms with Gasteiger partial charge >= 0.3 is 0 Å². The molecule has 0 spiro atoms. The molecule has 4 heteroatoms. The van der Waals surface area contributed by atoms with Gasteiger partial charge in [-0.3, -0.25) is 9.59 Å². The van der Waals surface area contributed by atoms with Crippen molar-refractivity contribution in [3.05, 3.63) is 71.3 Å². The third-order valence-corrected chi connectivity index (χ3v) is 4.35. The van der Waals surface area contributed by atoms with Crippen LogP contribution in [0.1, 0.15) is 40.4 Å². The van der Waals surface area contributed by atoms with Crippen LogP contribution < -0.4 is 5.32 Å². The van der Waals surface area contributed by atoms with Crippen LogP contribution in [0, 0.1) is 6.92 Å². The third-order valence-electron chi connectivity index (χ3n) is 4.35. The molecular formula is C20H22N2O2. The average Bonchev–Trinajstić information content (AvgIpc) is 3.14. The molecule has 1 atom stereocenters. The van der Waals surface area contributed by atoms with Gasteiger partial charge in [0.2, 0.25) is 5.91 Å². The molecule has 3 rings (SSSR count). The van der Waals surface area contributed by atoms with Gasteiger partial charge in [-0.25, -0.2) is 0 Å². The highest BCUT2D eigenvalue weighted by Gasteiger charge is 2.29. The van der Waals surface area contributed by atoms with Crippen LogP contribution in [0.15, 0.2) is 54.6 Å². The fourth-order valence-electron chi connectivity index (χ4n) is 3.05. The molecule has 0 unspecified atom stereocenters. The first-order chi connectivity index (χ1) is 11.6. The van der Waals surface area contributed by atoms with Gasteiger partial charge in [0.15, 0.2) is 0 Å². The molecule has 1 fully saturated rings. The summed E-state index contributed by atoms with van der Waals surface area (Å²) < 4.78 is 0. The number of nitrogens with one attached hydrogen (secondary N) is 1. The zero-order valence-corrected chi connectivity index (χ0v) is 13.9. The zero-order chi connectivity index (χ0) is 16.9. The number of hydrogen-bond acceptors (Lipinski definition) is 2. The second kappa shape index (κ2) is 7.30. The van der Waals surface area contributed by atoms with Crippen molar-refractivity contribution in [3.8, 4) is 0 Å². The fraction of sp³-hybridized carbons (Fsp3) is 0.300. The van der Waals surface area contributed by atoms with E-state index in [1.807, 2.05) is 60.4 Å². The molecule has 1 aliphatic heterocycles. The van der Waals surface area contributed by atoms with Crippen LogP contribution >= 0.6 is 0 Å². The minimum Gasteiger partial charge on any atom is -0.341 e. The molecule has 24 heavy (non-hydrogen) atoms. The molecule has 1 N–H and O–H groups in total. The normalized spacial score (nSPS) is 15.1. The highest BCUT2D eigenvalue weighted by atomic mass is 16.2. The summed E-state index contributed by atoms with van der Waals surface area (Å²) in [4.78, 5) is 27.4. The molecule has 0 bridgehead atoms. The molecule has 0 saturated carbocycles. The third kappa shape index (κ3) is 3.65. The van der Waals surface area contributed by atoms with Gasteiger partial charge in [-0.05, 0) is 37.5 Å². The predicted molar refractivity (Wildman–Crippen MR) is 93.6 cm³/mol. The Labute approximate surface area is 142 Å². The van der Waals surface area contributed by atoms with Crippen LogP contribution in [0.5, 0.6) is 0 Å². The molecule has 0 aliphatic carbocycles. The minimum absolute atomic E-state index is 0.0281. The van der Waals surface area contributed by atoms with E-state index in [1.165, 1.54) is 0 Å². The van der Waals surface area contributed by atoms with Gasteiger partial charge in [-0.1, -0.05) is 48.0 Å². The van der Waals surface area contributed by atoms with E-state index in [0.717, 1.165) is 37.1 Å². The van der Waals surface area contributed by atoms with Crippen molar-refractivity contribution in [2.24, 2.45) is 0 Å². The number of carbonyl (C=O) groups excluding carboxylic acids is 2. The topological polar surface area (TPSA) is 49.4 Å². The lowest BCUT2D eigenvalue weighted by Gasteiger charge is -2.24. The minimum atomic E-state index is -0.641. The quantitative estimate of drug-likeness (QED) is 0.940. The Morgan fingerprint density at radius 1 is 1.00 bits per heavy atom. The van der Waals surface area contributed by atoms with Crippen molar-refractivity contribution in [1.29, 1.82) is 0 Å². The molecule has 0 aromatic heterocycles. The van der Waals surface area contributed by atoms with Crippen molar-refractivity contribution in [2.75, 3.05) is 13.1 Å². The SMILES string of the molecule is Cc1cccc(C(=O)N[C@H](C(=O)N2CCCC2)c2ccccc2)c1. The van der Waals surface area contributed by atoms with Crippen LogP contribution in [-0.2, 0) is 4.79 Å². The molecule has 4 nitrogen and oxygen atoms in total. The van der Waals surface area contributed by atoms with Crippen LogP contribution in [0.25, 0.3) is 0 Å². The summed E-state index contributed by atoms with van der Waals surface area (Å²) in [6.07, 6.45) is 2.05. The predicted octanol–water partition coefficient (Wildman–Crippen LogP) is 3.09. The van der Waals surface area contributed by atoms with Crippen LogP contribution in [-0.4, -0.2) is 29.8 Å². The highest BCUT2D eigenvalue weighted by molar-refractivity contribution is 5.98. The summed E-state index contributed by atoms with van der Waals surface area (Å²) in [5, 5.41) is 2.92. The van der Waals surface area contributed by atoms with E-state index in [-0.39, 0.29) is 11.8 Å². The van der Waals surface area contributed by atoms with E-state index in [9.17, 15) is 9.59 Å². The summed E-state index contributed by atoms with van der Waals surface area (Å²) in [6.45, 7) is 3.48. The van der Waals surface area contributed by atoms with Gasteiger partial charge in [-0.15, -0.1) is 0 Å². The van der Waals surface area contributed by atoms with E-state index >= 15 is 0 Å². The van der Waals surface area contributed by atoms with E-state index in [1.54, 1.807) is 6.07 Å². The van der Waals surface area contributed by atoms with E-state index in [0.29, 0.717) is 5.56 Å². The monoisotopic (exact) mass is 322 g/mol. The van der Waals surface area contributed by atoms with Gasteiger partial charge in [-0.2, -0.15) is 0 Å².